The highest BCUT2D eigenvalue weighted by atomic mass is 32.1. The van der Waals surface area contributed by atoms with Gasteiger partial charge in [0.05, 0.1) is 21.3 Å². The minimum absolute atomic E-state index is 0.274. The van der Waals surface area contributed by atoms with Crippen LogP contribution < -0.4 is 5.32 Å². The first-order chi connectivity index (χ1) is 10.8. The molecule has 0 aliphatic carbocycles. The fourth-order valence-corrected chi connectivity index (χ4v) is 3.49. The average Bonchev–Trinajstić information content (AvgIpc) is 3.04. The number of carbonyl (C=O) groups excluding carboxylic acids is 1. The van der Waals surface area contributed by atoms with Crippen molar-refractivity contribution in [2.24, 2.45) is 0 Å². The van der Waals surface area contributed by atoms with Crippen LogP contribution in [-0.4, -0.2) is 15.9 Å². The van der Waals surface area contributed by atoms with Gasteiger partial charge in [-0.25, -0.2) is 18.7 Å². The molecule has 0 fully saturated rings. The van der Waals surface area contributed by atoms with Crippen molar-refractivity contribution in [1.82, 2.24) is 9.97 Å². The summed E-state index contributed by atoms with van der Waals surface area (Å²) in [4.78, 5) is 21.5. The van der Waals surface area contributed by atoms with E-state index in [-0.39, 0.29) is 5.13 Å². The predicted octanol–water partition coefficient (Wildman–Crippen LogP) is 4.94. The highest BCUT2D eigenvalue weighted by molar-refractivity contribution is 7.19. The van der Waals surface area contributed by atoms with Gasteiger partial charge in [0.2, 0.25) is 0 Å². The summed E-state index contributed by atoms with van der Waals surface area (Å²) < 4.78 is 27.1. The SMILES string of the molecule is C/C=C(F)\C(C(=O)Nc1nc(C)c(-c2csc(C)n2)s1)=C(/C)F. The molecule has 0 bridgehead atoms. The van der Waals surface area contributed by atoms with E-state index >= 15 is 0 Å². The van der Waals surface area contributed by atoms with Gasteiger partial charge in [-0.2, -0.15) is 0 Å². The summed E-state index contributed by atoms with van der Waals surface area (Å²) in [5.41, 5.74) is 0.857. The maximum atomic E-state index is 13.6. The highest BCUT2D eigenvalue weighted by Crippen LogP contribution is 2.33. The maximum absolute atomic E-state index is 13.6. The minimum Gasteiger partial charge on any atom is -0.298 e. The summed E-state index contributed by atoms with van der Waals surface area (Å²) in [6, 6.07) is 0. The molecule has 2 rings (SSSR count). The number of aryl methyl sites for hydroxylation is 2. The van der Waals surface area contributed by atoms with Crippen LogP contribution in [0.15, 0.2) is 28.7 Å². The Labute approximate surface area is 140 Å². The van der Waals surface area contributed by atoms with E-state index in [1.54, 1.807) is 6.92 Å². The molecule has 1 amide bonds. The second kappa shape index (κ2) is 7.10. The number of hydrogen-bond acceptors (Lipinski definition) is 5. The van der Waals surface area contributed by atoms with Crippen molar-refractivity contribution in [3.05, 3.63) is 39.4 Å². The zero-order chi connectivity index (χ0) is 17.1. The average molecular weight is 355 g/mol. The van der Waals surface area contributed by atoms with Gasteiger partial charge in [0.1, 0.15) is 17.2 Å². The number of anilines is 1. The molecule has 122 valence electrons. The molecule has 0 aliphatic rings. The fraction of sp³-hybridized carbons (Fsp3) is 0.267. The summed E-state index contributed by atoms with van der Waals surface area (Å²) in [5.74, 6) is -2.66. The van der Waals surface area contributed by atoms with Gasteiger partial charge in [-0.15, -0.1) is 11.3 Å². The van der Waals surface area contributed by atoms with Gasteiger partial charge in [-0.3, -0.25) is 10.1 Å². The second-order valence-electron chi connectivity index (χ2n) is 4.68. The van der Waals surface area contributed by atoms with Crippen LogP contribution in [0.25, 0.3) is 10.6 Å². The molecule has 2 aromatic heterocycles. The number of nitrogens with zero attached hydrogens (tertiary/aromatic N) is 2. The Morgan fingerprint density at radius 1 is 1.30 bits per heavy atom. The number of rotatable bonds is 4. The fourth-order valence-electron chi connectivity index (χ4n) is 1.89. The smallest absolute Gasteiger partial charge is 0.263 e. The summed E-state index contributed by atoms with van der Waals surface area (Å²) in [7, 11) is 0. The lowest BCUT2D eigenvalue weighted by Crippen LogP contribution is -2.15. The molecule has 0 unspecified atom stereocenters. The molecule has 2 aromatic rings. The third-order valence-corrected chi connectivity index (χ3v) is 4.80. The molecule has 0 atom stereocenters. The van der Waals surface area contributed by atoms with Gasteiger partial charge in [0.15, 0.2) is 5.13 Å². The van der Waals surface area contributed by atoms with E-state index in [2.05, 4.69) is 15.3 Å². The van der Waals surface area contributed by atoms with E-state index in [0.717, 1.165) is 28.6 Å². The first-order valence-electron chi connectivity index (χ1n) is 6.73. The van der Waals surface area contributed by atoms with Crippen molar-refractivity contribution >= 4 is 33.7 Å². The number of carbonyl (C=O) groups is 1. The zero-order valence-electron chi connectivity index (χ0n) is 13.0. The molecular weight excluding hydrogens is 340 g/mol. The summed E-state index contributed by atoms with van der Waals surface area (Å²) in [6.07, 6.45) is 1.04. The molecular formula is C15H15F2N3OS2. The largest absolute Gasteiger partial charge is 0.298 e. The van der Waals surface area contributed by atoms with Crippen molar-refractivity contribution in [2.75, 3.05) is 5.32 Å². The van der Waals surface area contributed by atoms with Crippen molar-refractivity contribution < 1.29 is 13.6 Å². The van der Waals surface area contributed by atoms with Crippen molar-refractivity contribution in [3.8, 4) is 10.6 Å². The summed E-state index contributed by atoms with van der Waals surface area (Å²) >= 11 is 2.73. The molecule has 0 saturated heterocycles. The highest BCUT2D eigenvalue weighted by Gasteiger charge is 2.20. The standard InChI is InChI=1S/C15H15F2N3OS2/c1-5-10(17)12(7(2)16)14(21)20-15-18-8(3)13(23-15)11-6-22-9(4)19-11/h5-6H,1-4H3,(H,18,20,21)/b10-5+,12-7-. The van der Waals surface area contributed by atoms with Crippen LogP contribution >= 0.6 is 22.7 Å². The van der Waals surface area contributed by atoms with Gasteiger partial charge in [-0.05, 0) is 27.7 Å². The van der Waals surface area contributed by atoms with Crippen LogP contribution in [0, 0.1) is 13.8 Å². The van der Waals surface area contributed by atoms with E-state index in [9.17, 15) is 13.6 Å². The predicted molar refractivity (Wildman–Crippen MR) is 90.0 cm³/mol. The lowest BCUT2D eigenvalue weighted by molar-refractivity contribution is -0.112. The van der Waals surface area contributed by atoms with Crippen molar-refractivity contribution in [2.45, 2.75) is 27.7 Å². The third kappa shape index (κ3) is 3.89. The monoisotopic (exact) mass is 355 g/mol. The van der Waals surface area contributed by atoms with Crippen LogP contribution in [0.5, 0.6) is 0 Å². The van der Waals surface area contributed by atoms with Crippen LogP contribution in [0.4, 0.5) is 13.9 Å². The Kier molecular flexibility index (Phi) is 5.38. The summed E-state index contributed by atoms with van der Waals surface area (Å²) in [6.45, 7) is 6.12. The van der Waals surface area contributed by atoms with Gasteiger partial charge in [0, 0.05) is 5.38 Å². The molecule has 2 heterocycles. The van der Waals surface area contributed by atoms with Crippen LogP contribution in [0.2, 0.25) is 0 Å². The molecule has 0 aliphatic heterocycles. The maximum Gasteiger partial charge on any atom is 0.263 e. The lowest BCUT2D eigenvalue weighted by atomic mass is 10.2. The minimum atomic E-state index is -0.911. The molecule has 8 heteroatoms. The van der Waals surface area contributed by atoms with Crippen molar-refractivity contribution in [1.29, 1.82) is 0 Å². The normalized spacial score (nSPS) is 13.0. The van der Waals surface area contributed by atoms with Crippen LogP contribution in [0.3, 0.4) is 0 Å². The molecule has 23 heavy (non-hydrogen) atoms. The second-order valence-corrected chi connectivity index (χ2v) is 6.75. The molecule has 0 saturated carbocycles. The number of amides is 1. The van der Waals surface area contributed by atoms with Gasteiger partial charge < -0.3 is 0 Å². The Morgan fingerprint density at radius 3 is 2.52 bits per heavy atom. The van der Waals surface area contributed by atoms with E-state index in [0.29, 0.717) is 5.69 Å². The number of aromatic nitrogens is 2. The van der Waals surface area contributed by atoms with Gasteiger partial charge >= 0.3 is 0 Å². The molecule has 0 radical (unpaired) electrons. The first kappa shape index (κ1) is 17.4. The molecule has 0 aromatic carbocycles. The first-order valence-corrected chi connectivity index (χ1v) is 8.43. The molecule has 4 nitrogen and oxygen atoms in total. The van der Waals surface area contributed by atoms with Gasteiger partial charge in [0.25, 0.3) is 5.91 Å². The number of hydrogen-bond donors (Lipinski definition) is 1. The topological polar surface area (TPSA) is 54.9 Å². The van der Waals surface area contributed by atoms with Gasteiger partial charge in [-0.1, -0.05) is 17.4 Å². The molecule has 1 N–H and O–H groups in total. The zero-order valence-corrected chi connectivity index (χ0v) is 14.7. The van der Waals surface area contributed by atoms with E-state index < -0.39 is 23.1 Å². The Morgan fingerprint density at radius 2 is 2.00 bits per heavy atom. The quantitative estimate of drug-likeness (QED) is 0.624. The number of halogens is 2. The summed E-state index contributed by atoms with van der Waals surface area (Å²) in [5, 5.41) is 5.54. The van der Waals surface area contributed by atoms with Crippen LogP contribution in [0.1, 0.15) is 24.5 Å². The Balaban J connectivity index is 2.28. The number of nitrogens with one attached hydrogen (secondary N) is 1. The lowest BCUT2D eigenvalue weighted by Gasteiger charge is -2.05. The Bertz CT molecular complexity index is 802. The van der Waals surface area contributed by atoms with E-state index in [1.807, 2.05) is 12.3 Å². The van der Waals surface area contributed by atoms with E-state index in [4.69, 9.17) is 0 Å². The Hall–Kier alpha value is -1.93. The third-order valence-electron chi connectivity index (χ3n) is 2.93. The number of thiazole rings is 2. The number of allylic oxidation sites excluding steroid dienone is 2. The molecule has 0 spiro atoms. The van der Waals surface area contributed by atoms with E-state index in [1.165, 1.54) is 29.6 Å². The van der Waals surface area contributed by atoms with Crippen LogP contribution in [-0.2, 0) is 4.79 Å². The van der Waals surface area contributed by atoms with Crippen molar-refractivity contribution in [3.63, 3.8) is 0 Å².